The lowest BCUT2D eigenvalue weighted by Gasteiger charge is -2.12. The average molecular weight is 300 g/mol. The zero-order valence-corrected chi connectivity index (χ0v) is 13.5. The van der Waals surface area contributed by atoms with Gasteiger partial charge in [-0.05, 0) is 20.3 Å². The van der Waals surface area contributed by atoms with Gasteiger partial charge in [0.1, 0.15) is 5.75 Å². The highest BCUT2D eigenvalue weighted by molar-refractivity contribution is 7.22. The van der Waals surface area contributed by atoms with Crippen molar-refractivity contribution >= 4 is 37.5 Å². The molecule has 0 saturated heterocycles. The molecule has 4 heteroatoms. The quantitative estimate of drug-likeness (QED) is 0.715. The molecule has 0 spiro atoms. The van der Waals surface area contributed by atoms with Crippen LogP contribution in [-0.4, -0.2) is 17.6 Å². The first kappa shape index (κ1) is 14.1. The third-order valence-electron chi connectivity index (χ3n) is 3.25. The molecule has 0 aliphatic rings. The third kappa shape index (κ3) is 2.81. The lowest BCUT2D eigenvalue weighted by Crippen LogP contribution is -2.05. The van der Waals surface area contributed by atoms with Gasteiger partial charge in [-0.25, -0.2) is 4.98 Å². The Morgan fingerprint density at radius 1 is 1.24 bits per heavy atom. The predicted octanol–water partition coefficient (Wildman–Crippen LogP) is 5.06. The van der Waals surface area contributed by atoms with E-state index in [1.165, 1.54) is 4.70 Å². The van der Waals surface area contributed by atoms with Crippen molar-refractivity contribution in [3.63, 3.8) is 0 Å². The number of nitrogens with one attached hydrogen (secondary N) is 1. The van der Waals surface area contributed by atoms with Crippen molar-refractivity contribution in [1.82, 2.24) is 4.98 Å². The Balaban J connectivity index is 2.18. The number of fused-ring (bicyclic) bond motifs is 3. The second-order valence-corrected chi connectivity index (χ2v) is 6.41. The molecule has 110 valence electrons. The van der Waals surface area contributed by atoms with Crippen molar-refractivity contribution in [3.05, 3.63) is 30.3 Å². The average Bonchev–Trinajstić information content (AvgIpc) is 2.88. The standard InChI is InChI=1S/C17H20N2OS/c1-4-9-18-17-19-16-13-8-6-5-7-12(13)14(20-11(2)3)10-15(16)21-17/h5-8,10-11H,4,9H2,1-3H3,(H,18,19). The van der Waals surface area contributed by atoms with Crippen molar-refractivity contribution in [2.75, 3.05) is 11.9 Å². The Hall–Kier alpha value is -1.81. The highest BCUT2D eigenvalue weighted by atomic mass is 32.1. The van der Waals surface area contributed by atoms with E-state index in [4.69, 9.17) is 9.72 Å². The monoisotopic (exact) mass is 300 g/mol. The van der Waals surface area contributed by atoms with E-state index < -0.39 is 0 Å². The van der Waals surface area contributed by atoms with E-state index in [9.17, 15) is 0 Å². The van der Waals surface area contributed by atoms with Crippen molar-refractivity contribution < 1.29 is 4.74 Å². The molecule has 0 radical (unpaired) electrons. The van der Waals surface area contributed by atoms with Gasteiger partial charge in [-0.2, -0.15) is 0 Å². The summed E-state index contributed by atoms with van der Waals surface area (Å²) in [6, 6.07) is 10.4. The first-order valence-corrected chi connectivity index (χ1v) is 8.23. The van der Waals surface area contributed by atoms with Crippen LogP contribution in [0.1, 0.15) is 27.2 Å². The molecule has 0 fully saturated rings. The number of rotatable bonds is 5. The van der Waals surface area contributed by atoms with Crippen LogP contribution in [0.25, 0.3) is 21.0 Å². The van der Waals surface area contributed by atoms with Crippen LogP contribution in [0.3, 0.4) is 0 Å². The summed E-state index contributed by atoms with van der Waals surface area (Å²) in [5.74, 6) is 0.943. The van der Waals surface area contributed by atoms with Crippen LogP contribution in [0, 0.1) is 0 Å². The van der Waals surface area contributed by atoms with Gasteiger partial charge in [0, 0.05) is 23.4 Å². The first-order valence-electron chi connectivity index (χ1n) is 7.42. The van der Waals surface area contributed by atoms with Crippen LogP contribution < -0.4 is 10.1 Å². The molecule has 0 aliphatic heterocycles. The number of hydrogen-bond donors (Lipinski definition) is 1. The van der Waals surface area contributed by atoms with E-state index in [1.54, 1.807) is 11.3 Å². The number of thiazole rings is 1. The first-order chi connectivity index (χ1) is 10.2. The predicted molar refractivity (Wildman–Crippen MR) is 91.7 cm³/mol. The third-order valence-corrected chi connectivity index (χ3v) is 4.21. The number of aromatic nitrogens is 1. The molecule has 3 nitrogen and oxygen atoms in total. The summed E-state index contributed by atoms with van der Waals surface area (Å²) in [5.41, 5.74) is 1.06. The Kier molecular flexibility index (Phi) is 3.97. The molecule has 0 bridgehead atoms. The maximum absolute atomic E-state index is 5.98. The molecular weight excluding hydrogens is 280 g/mol. The minimum absolute atomic E-state index is 0.163. The van der Waals surface area contributed by atoms with E-state index in [0.29, 0.717) is 0 Å². The summed E-state index contributed by atoms with van der Waals surface area (Å²) in [5, 5.41) is 6.65. The van der Waals surface area contributed by atoms with Crippen LogP contribution >= 0.6 is 11.3 Å². The van der Waals surface area contributed by atoms with Gasteiger partial charge in [-0.1, -0.05) is 42.5 Å². The van der Waals surface area contributed by atoms with Crippen molar-refractivity contribution in [2.45, 2.75) is 33.3 Å². The van der Waals surface area contributed by atoms with Gasteiger partial charge in [0.05, 0.1) is 16.3 Å². The van der Waals surface area contributed by atoms with Crippen LogP contribution in [0.15, 0.2) is 30.3 Å². The van der Waals surface area contributed by atoms with Gasteiger partial charge >= 0.3 is 0 Å². The summed E-state index contributed by atoms with van der Waals surface area (Å²) < 4.78 is 7.15. The maximum Gasteiger partial charge on any atom is 0.183 e. The summed E-state index contributed by atoms with van der Waals surface area (Å²) in [6.45, 7) is 7.22. The van der Waals surface area contributed by atoms with Crippen LogP contribution in [-0.2, 0) is 0 Å². The summed E-state index contributed by atoms with van der Waals surface area (Å²) in [6.07, 6.45) is 1.26. The van der Waals surface area contributed by atoms with E-state index in [2.05, 4.69) is 50.4 Å². The molecular formula is C17H20N2OS. The lowest BCUT2D eigenvalue weighted by molar-refractivity contribution is 0.246. The molecule has 3 rings (SSSR count). The second kappa shape index (κ2) is 5.90. The van der Waals surface area contributed by atoms with Gasteiger partial charge in [-0.3, -0.25) is 0 Å². The molecule has 0 atom stereocenters. The van der Waals surface area contributed by atoms with Gasteiger partial charge in [0.25, 0.3) is 0 Å². The van der Waals surface area contributed by atoms with Crippen molar-refractivity contribution in [3.8, 4) is 5.75 Å². The SMILES string of the molecule is CCCNc1nc2c(cc(OC(C)C)c3ccccc32)s1. The Morgan fingerprint density at radius 2 is 2.00 bits per heavy atom. The molecule has 21 heavy (non-hydrogen) atoms. The highest BCUT2D eigenvalue weighted by Gasteiger charge is 2.12. The summed E-state index contributed by atoms with van der Waals surface area (Å²) in [7, 11) is 0. The maximum atomic E-state index is 5.98. The van der Waals surface area contributed by atoms with E-state index in [0.717, 1.165) is 40.1 Å². The lowest BCUT2D eigenvalue weighted by atomic mass is 10.1. The normalized spacial score (nSPS) is 11.4. The van der Waals surface area contributed by atoms with Crippen LogP contribution in [0.4, 0.5) is 5.13 Å². The Morgan fingerprint density at radius 3 is 2.71 bits per heavy atom. The number of ether oxygens (including phenoxy) is 1. The zero-order chi connectivity index (χ0) is 14.8. The highest BCUT2D eigenvalue weighted by Crippen LogP contribution is 2.37. The number of anilines is 1. The fourth-order valence-corrected chi connectivity index (χ4v) is 3.32. The van der Waals surface area contributed by atoms with Gasteiger partial charge in [0.2, 0.25) is 0 Å². The molecule has 0 saturated carbocycles. The molecule has 0 amide bonds. The Labute approximate surface area is 129 Å². The number of nitrogens with zero attached hydrogens (tertiary/aromatic N) is 1. The summed E-state index contributed by atoms with van der Waals surface area (Å²) >= 11 is 1.69. The zero-order valence-electron chi connectivity index (χ0n) is 12.6. The van der Waals surface area contributed by atoms with E-state index >= 15 is 0 Å². The molecule has 3 aromatic rings. The molecule has 0 unspecified atom stereocenters. The van der Waals surface area contributed by atoms with E-state index in [1.807, 2.05) is 6.07 Å². The second-order valence-electron chi connectivity index (χ2n) is 5.38. The fourth-order valence-electron chi connectivity index (χ4n) is 2.38. The molecule has 1 heterocycles. The largest absolute Gasteiger partial charge is 0.490 e. The van der Waals surface area contributed by atoms with Crippen molar-refractivity contribution in [1.29, 1.82) is 0 Å². The van der Waals surface area contributed by atoms with Gasteiger partial charge < -0.3 is 10.1 Å². The topological polar surface area (TPSA) is 34.2 Å². The molecule has 2 aromatic carbocycles. The van der Waals surface area contributed by atoms with Crippen molar-refractivity contribution in [2.24, 2.45) is 0 Å². The fraction of sp³-hybridized carbons (Fsp3) is 0.353. The number of benzene rings is 2. The Bertz CT molecular complexity index is 764. The smallest absolute Gasteiger partial charge is 0.183 e. The number of hydrogen-bond acceptors (Lipinski definition) is 4. The summed E-state index contributed by atoms with van der Waals surface area (Å²) in [4.78, 5) is 4.75. The molecule has 1 N–H and O–H groups in total. The minimum Gasteiger partial charge on any atom is -0.490 e. The van der Waals surface area contributed by atoms with Gasteiger partial charge in [-0.15, -0.1) is 0 Å². The van der Waals surface area contributed by atoms with Crippen LogP contribution in [0.5, 0.6) is 5.75 Å². The van der Waals surface area contributed by atoms with E-state index in [-0.39, 0.29) is 6.10 Å². The molecule has 0 aliphatic carbocycles. The van der Waals surface area contributed by atoms with Gasteiger partial charge in [0.15, 0.2) is 5.13 Å². The van der Waals surface area contributed by atoms with Crippen LogP contribution in [0.2, 0.25) is 0 Å². The molecule has 1 aromatic heterocycles. The minimum atomic E-state index is 0.163.